The van der Waals surface area contributed by atoms with Gasteiger partial charge in [0.25, 0.3) is 0 Å². The van der Waals surface area contributed by atoms with Crippen LogP contribution in [0.1, 0.15) is 42.5 Å². The number of hydrogen-bond acceptors (Lipinski definition) is 6. The monoisotopic (exact) mass is 418 g/mol. The van der Waals surface area contributed by atoms with Crippen LogP contribution in [0.25, 0.3) is 22.1 Å². The number of piperidine rings is 1. The Hall–Kier alpha value is -3.46. The van der Waals surface area contributed by atoms with Gasteiger partial charge in [-0.05, 0) is 42.0 Å². The Labute approximate surface area is 179 Å². The van der Waals surface area contributed by atoms with Crippen molar-refractivity contribution in [2.45, 2.75) is 38.8 Å². The Balaban J connectivity index is 1.54. The van der Waals surface area contributed by atoms with Crippen LogP contribution in [0.5, 0.6) is 0 Å². The molecule has 160 valence electrons. The van der Waals surface area contributed by atoms with E-state index in [2.05, 4.69) is 38.1 Å². The average molecular weight is 419 g/mol. The number of carbonyl (C=O) groups excluding carboxylic acids is 1. The smallest absolute Gasteiger partial charge is 0.219 e. The molecule has 3 aromatic heterocycles. The Bertz CT molecular complexity index is 1270. The van der Waals surface area contributed by atoms with Gasteiger partial charge >= 0.3 is 0 Å². The fraction of sp³-hybridized carbons (Fsp3) is 0.364. The van der Waals surface area contributed by atoms with Crippen molar-refractivity contribution < 1.29 is 4.79 Å². The molecule has 1 amide bonds. The molecule has 5 N–H and O–H groups in total. The maximum absolute atomic E-state index is 11.7. The maximum atomic E-state index is 11.7. The number of benzene rings is 1. The summed E-state index contributed by atoms with van der Waals surface area (Å²) in [6, 6.07) is 6.65. The predicted molar refractivity (Wildman–Crippen MR) is 119 cm³/mol. The third-order valence-corrected chi connectivity index (χ3v) is 6.29. The normalized spacial score (nSPS) is 15.2. The van der Waals surface area contributed by atoms with Gasteiger partial charge in [-0.3, -0.25) is 4.79 Å². The number of aromatic amines is 1. The summed E-state index contributed by atoms with van der Waals surface area (Å²) in [5.74, 6) is 0.957. The highest BCUT2D eigenvalue weighted by Crippen LogP contribution is 2.33. The zero-order chi connectivity index (χ0) is 21.5. The molecule has 0 unspecified atom stereocenters. The zero-order valence-electron chi connectivity index (χ0n) is 17.5. The lowest BCUT2D eigenvalue weighted by atomic mass is 9.87. The van der Waals surface area contributed by atoms with Crippen LogP contribution in [0.3, 0.4) is 0 Å². The number of hydrogen-bond donors (Lipinski definition) is 3. The summed E-state index contributed by atoms with van der Waals surface area (Å²) in [6.45, 7) is 4.31. The molecule has 1 aliphatic rings. The SMILES string of the molecule is CC(=O)N1CCC(c2cc(Cn3cnc4c(N)ncnc43)c3[nH]c(CN)cc3c2)CC1. The molecule has 1 fully saturated rings. The summed E-state index contributed by atoms with van der Waals surface area (Å²) in [4.78, 5) is 29.9. The fourth-order valence-corrected chi connectivity index (χ4v) is 4.60. The van der Waals surface area contributed by atoms with Gasteiger partial charge in [0.15, 0.2) is 11.5 Å². The second kappa shape index (κ2) is 7.66. The van der Waals surface area contributed by atoms with Crippen LogP contribution in [0.4, 0.5) is 5.82 Å². The predicted octanol–water partition coefficient (Wildman–Crippen LogP) is 2.12. The Morgan fingerprint density at radius 1 is 1.19 bits per heavy atom. The minimum absolute atomic E-state index is 0.154. The van der Waals surface area contributed by atoms with Gasteiger partial charge < -0.3 is 25.9 Å². The molecule has 0 aliphatic carbocycles. The van der Waals surface area contributed by atoms with Gasteiger partial charge in [0.2, 0.25) is 5.91 Å². The minimum Gasteiger partial charge on any atom is -0.382 e. The van der Waals surface area contributed by atoms with E-state index in [-0.39, 0.29) is 5.91 Å². The van der Waals surface area contributed by atoms with E-state index < -0.39 is 0 Å². The highest BCUT2D eigenvalue weighted by atomic mass is 16.2. The number of imidazole rings is 1. The average Bonchev–Trinajstić information content (AvgIpc) is 3.39. The quantitative estimate of drug-likeness (QED) is 0.465. The first kappa shape index (κ1) is 19.5. The number of nitrogens with one attached hydrogen (secondary N) is 1. The van der Waals surface area contributed by atoms with Crippen molar-refractivity contribution in [1.82, 2.24) is 29.4 Å². The van der Waals surface area contributed by atoms with Crippen LogP contribution in [-0.2, 0) is 17.9 Å². The van der Waals surface area contributed by atoms with Crippen LogP contribution in [-0.4, -0.2) is 48.4 Å². The Kier molecular flexibility index (Phi) is 4.82. The van der Waals surface area contributed by atoms with E-state index in [4.69, 9.17) is 11.5 Å². The summed E-state index contributed by atoms with van der Waals surface area (Å²) in [7, 11) is 0. The lowest BCUT2D eigenvalue weighted by Crippen LogP contribution is -2.36. The van der Waals surface area contributed by atoms with E-state index in [1.165, 1.54) is 11.9 Å². The van der Waals surface area contributed by atoms with E-state index in [1.54, 1.807) is 13.3 Å². The molecule has 0 bridgehead atoms. The molecule has 4 aromatic rings. The standard InChI is InChI=1S/C22H26N8O/c1-13(31)29-4-2-14(3-5-29)15-6-16-8-18(9-23)28-19(16)17(7-15)10-30-12-27-20-21(24)25-11-26-22(20)30/h6-8,11-12,14,28H,2-5,9-10,23H2,1H3,(H2,24,25,26). The summed E-state index contributed by atoms with van der Waals surface area (Å²) in [5.41, 5.74) is 17.7. The van der Waals surface area contributed by atoms with Gasteiger partial charge in [-0.15, -0.1) is 0 Å². The zero-order valence-corrected chi connectivity index (χ0v) is 17.5. The van der Waals surface area contributed by atoms with E-state index >= 15 is 0 Å². The van der Waals surface area contributed by atoms with Crippen LogP contribution >= 0.6 is 0 Å². The molecule has 4 heterocycles. The number of anilines is 1. The molecule has 0 saturated carbocycles. The number of likely N-dealkylation sites (tertiary alicyclic amines) is 1. The van der Waals surface area contributed by atoms with Crippen LogP contribution in [0.2, 0.25) is 0 Å². The first-order valence-corrected chi connectivity index (χ1v) is 10.5. The molecule has 1 aromatic carbocycles. The second-order valence-electron chi connectivity index (χ2n) is 8.23. The maximum Gasteiger partial charge on any atom is 0.219 e. The molecule has 0 radical (unpaired) electrons. The lowest BCUT2D eigenvalue weighted by Gasteiger charge is -2.31. The molecule has 1 saturated heterocycles. The number of nitrogen functional groups attached to an aromatic ring is 1. The van der Waals surface area contributed by atoms with Crippen molar-refractivity contribution in [2.75, 3.05) is 18.8 Å². The molecule has 31 heavy (non-hydrogen) atoms. The van der Waals surface area contributed by atoms with Crippen LogP contribution in [0, 0.1) is 0 Å². The summed E-state index contributed by atoms with van der Waals surface area (Å²) >= 11 is 0. The second-order valence-corrected chi connectivity index (χ2v) is 8.23. The third-order valence-electron chi connectivity index (χ3n) is 6.29. The van der Waals surface area contributed by atoms with Crippen molar-refractivity contribution in [3.63, 3.8) is 0 Å². The van der Waals surface area contributed by atoms with Gasteiger partial charge in [-0.25, -0.2) is 15.0 Å². The number of rotatable bonds is 4. The third kappa shape index (κ3) is 3.50. The number of carbonyl (C=O) groups is 1. The highest BCUT2D eigenvalue weighted by Gasteiger charge is 2.23. The number of amides is 1. The lowest BCUT2D eigenvalue weighted by molar-refractivity contribution is -0.129. The summed E-state index contributed by atoms with van der Waals surface area (Å²) < 4.78 is 1.99. The minimum atomic E-state index is 0.154. The van der Waals surface area contributed by atoms with E-state index in [1.807, 2.05) is 9.47 Å². The van der Waals surface area contributed by atoms with Crippen molar-refractivity contribution in [2.24, 2.45) is 5.73 Å². The first-order valence-electron chi connectivity index (χ1n) is 10.5. The van der Waals surface area contributed by atoms with Crippen molar-refractivity contribution in [3.8, 4) is 0 Å². The number of nitrogens with two attached hydrogens (primary N) is 2. The van der Waals surface area contributed by atoms with Gasteiger partial charge in [0.1, 0.15) is 11.8 Å². The van der Waals surface area contributed by atoms with Crippen molar-refractivity contribution >= 4 is 33.8 Å². The Morgan fingerprint density at radius 3 is 2.74 bits per heavy atom. The number of H-pyrrole nitrogens is 1. The molecule has 5 rings (SSSR count). The fourth-order valence-electron chi connectivity index (χ4n) is 4.60. The molecule has 9 nitrogen and oxygen atoms in total. The summed E-state index contributed by atoms with van der Waals surface area (Å²) in [5, 5.41) is 1.15. The van der Waals surface area contributed by atoms with Gasteiger partial charge in [0, 0.05) is 37.6 Å². The molecule has 0 spiro atoms. The van der Waals surface area contributed by atoms with E-state index in [0.29, 0.717) is 36.0 Å². The molecular weight excluding hydrogens is 392 g/mol. The van der Waals surface area contributed by atoms with Crippen molar-refractivity contribution in [1.29, 1.82) is 0 Å². The Morgan fingerprint density at radius 2 is 2.00 bits per heavy atom. The van der Waals surface area contributed by atoms with Gasteiger partial charge in [-0.2, -0.15) is 0 Å². The molecule has 9 heteroatoms. The van der Waals surface area contributed by atoms with Crippen LogP contribution < -0.4 is 11.5 Å². The largest absolute Gasteiger partial charge is 0.382 e. The van der Waals surface area contributed by atoms with Gasteiger partial charge in [0.05, 0.1) is 18.4 Å². The number of nitrogens with zero attached hydrogens (tertiary/aromatic N) is 5. The molecule has 1 aliphatic heterocycles. The summed E-state index contributed by atoms with van der Waals surface area (Å²) in [6.07, 6.45) is 5.16. The van der Waals surface area contributed by atoms with Crippen LogP contribution in [0.15, 0.2) is 30.9 Å². The first-order chi connectivity index (χ1) is 15.0. The molecule has 0 atom stereocenters. The molecular formula is C22H26N8O. The van der Waals surface area contributed by atoms with E-state index in [0.717, 1.165) is 48.1 Å². The van der Waals surface area contributed by atoms with E-state index in [9.17, 15) is 4.79 Å². The van der Waals surface area contributed by atoms with Crippen molar-refractivity contribution in [3.05, 3.63) is 47.7 Å². The van der Waals surface area contributed by atoms with Gasteiger partial charge in [-0.1, -0.05) is 6.07 Å². The topological polar surface area (TPSA) is 132 Å². The number of fused-ring (bicyclic) bond motifs is 2. The highest BCUT2D eigenvalue weighted by molar-refractivity contribution is 5.85. The number of aromatic nitrogens is 5.